The van der Waals surface area contributed by atoms with Crippen molar-refractivity contribution in [1.82, 2.24) is 4.98 Å². The van der Waals surface area contributed by atoms with Gasteiger partial charge >= 0.3 is 0 Å². The van der Waals surface area contributed by atoms with Crippen molar-refractivity contribution in [2.75, 3.05) is 0 Å². The van der Waals surface area contributed by atoms with Crippen molar-refractivity contribution in [2.24, 2.45) is 5.73 Å². The summed E-state index contributed by atoms with van der Waals surface area (Å²) in [5, 5.41) is 8.75. The number of alkyl halides is 2. The van der Waals surface area contributed by atoms with E-state index in [1.54, 1.807) is 0 Å². The Morgan fingerprint density at radius 2 is 2.29 bits per heavy atom. The van der Waals surface area contributed by atoms with Gasteiger partial charge in [-0.2, -0.15) is 5.26 Å². The second-order valence-corrected chi connectivity index (χ2v) is 2.78. The van der Waals surface area contributed by atoms with Crippen LogP contribution in [0.25, 0.3) is 0 Å². The molecule has 2 N–H and O–H groups in total. The van der Waals surface area contributed by atoms with Gasteiger partial charge in [0.25, 0.3) is 6.43 Å². The standard InChI is InChI=1S/C9H9F2N3/c1-5-6(2-12)8(3-13)14-4-7(5)9(10)11/h4,9H,3,13H2,1H3. The third-order valence-electron chi connectivity index (χ3n) is 2.00. The lowest BCUT2D eigenvalue weighted by molar-refractivity contribution is 0.150. The molecule has 0 amide bonds. The maximum absolute atomic E-state index is 12.4. The van der Waals surface area contributed by atoms with Gasteiger partial charge in [-0.25, -0.2) is 8.78 Å². The van der Waals surface area contributed by atoms with E-state index >= 15 is 0 Å². The summed E-state index contributed by atoms with van der Waals surface area (Å²) < 4.78 is 24.8. The van der Waals surface area contributed by atoms with E-state index in [-0.39, 0.29) is 23.2 Å². The summed E-state index contributed by atoms with van der Waals surface area (Å²) in [7, 11) is 0. The van der Waals surface area contributed by atoms with Gasteiger partial charge in [-0.1, -0.05) is 0 Å². The zero-order chi connectivity index (χ0) is 10.7. The first-order chi connectivity index (χ1) is 6.61. The smallest absolute Gasteiger partial charge is 0.265 e. The first-order valence-corrected chi connectivity index (χ1v) is 3.98. The summed E-state index contributed by atoms with van der Waals surface area (Å²) in [4.78, 5) is 3.72. The Hall–Kier alpha value is -1.54. The number of nitriles is 1. The topological polar surface area (TPSA) is 62.7 Å². The van der Waals surface area contributed by atoms with Gasteiger partial charge in [0, 0.05) is 18.3 Å². The van der Waals surface area contributed by atoms with Crippen molar-refractivity contribution in [2.45, 2.75) is 19.9 Å². The molecule has 1 aromatic heterocycles. The molecule has 0 atom stereocenters. The molecule has 14 heavy (non-hydrogen) atoms. The predicted octanol–water partition coefficient (Wildman–Crippen LogP) is 1.66. The van der Waals surface area contributed by atoms with Crippen LogP contribution in [0.1, 0.15) is 28.8 Å². The van der Waals surface area contributed by atoms with Crippen LogP contribution in [0.15, 0.2) is 6.20 Å². The van der Waals surface area contributed by atoms with Gasteiger partial charge in [0.05, 0.1) is 11.3 Å². The number of halogens is 2. The summed E-state index contributed by atoms with van der Waals surface area (Å²) in [6.45, 7) is 1.55. The van der Waals surface area contributed by atoms with E-state index in [1.165, 1.54) is 6.92 Å². The van der Waals surface area contributed by atoms with E-state index in [0.717, 1.165) is 6.20 Å². The third kappa shape index (κ3) is 1.70. The summed E-state index contributed by atoms with van der Waals surface area (Å²) in [6, 6.07) is 1.83. The molecule has 0 radical (unpaired) electrons. The second kappa shape index (κ2) is 4.11. The SMILES string of the molecule is Cc1c(C(F)F)cnc(CN)c1C#N. The Morgan fingerprint density at radius 3 is 2.71 bits per heavy atom. The highest BCUT2D eigenvalue weighted by atomic mass is 19.3. The van der Waals surface area contributed by atoms with Crippen molar-refractivity contribution in [3.05, 3.63) is 28.6 Å². The van der Waals surface area contributed by atoms with E-state index < -0.39 is 6.43 Å². The molecule has 0 unspecified atom stereocenters. The van der Waals surface area contributed by atoms with Gasteiger partial charge < -0.3 is 5.73 Å². The van der Waals surface area contributed by atoms with E-state index in [4.69, 9.17) is 11.0 Å². The molecule has 0 aliphatic carbocycles. The fourth-order valence-corrected chi connectivity index (χ4v) is 1.19. The van der Waals surface area contributed by atoms with Crippen LogP contribution in [-0.4, -0.2) is 4.98 Å². The molecular weight excluding hydrogens is 188 g/mol. The summed E-state index contributed by atoms with van der Waals surface area (Å²) in [6.07, 6.45) is -1.54. The zero-order valence-corrected chi connectivity index (χ0v) is 7.59. The number of hydrogen-bond acceptors (Lipinski definition) is 3. The maximum Gasteiger partial charge on any atom is 0.265 e. The number of pyridine rings is 1. The molecule has 0 aliphatic rings. The molecule has 1 rings (SSSR count). The molecule has 0 aromatic carbocycles. The Bertz CT molecular complexity index is 382. The van der Waals surface area contributed by atoms with Gasteiger partial charge in [-0.15, -0.1) is 0 Å². The second-order valence-electron chi connectivity index (χ2n) is 2.78. The average Bonchev–Trinajstić information content (AvgIpc) is 2.16. The maximum atomic E-state index is 12.4. The van der Waals surface area contributed by atoms with E-state index in [1.807, 2.05) is 6.07 Å². The highest BCUT2D eigenvalue weighted by Crippen LogP contribution is 2.24. The molecule has 0 saturated carbocycles. The highest BCUT2D eigenvalue weighted by molar-refractivity contribution is 5.44. The van der Waals surface area contributed by atoms with Gasteiger partial charge in [0.1, 0.15) is 6.07 Å². The lowest BCUT2D eigenvalue weighted by atomic mass is 10.0. The molecule has 0 bridgehead atoms. The molecule has 1 heterocycles. The minimum absolute atomic E-state index is 0.0766. The van der Waals surface area contributed by atoms with Crippen molar-refractivity contribution in [3.63, 3.8) is 0 Å². The summed E-state index contributed by atoms with van der Waals surface area (Å²) in [5.41, 5.74) is 5.89. The molecule has 0 saturated heterocycles. The van der Waals surface area contributed by atoms with Crippen LogP contribution in [0, 0.1) is 18.3 Å². The van der Waals surface area contributed by atoms with Gasteiger partial charge in [0.15, 0.2) is 0 Å². The first-order valence-electron chi connectivity index (χ1n) is 3.98. The third-order valence-corrected chi connectivity index (χ3v) is 2.00. The van der Waals surface area contributed by atoms with Crippen LogP contribution < -0.4 is 5.73 Å². The molecule has 3 nitrogen and oxygen atoms in total. The molecule has 1 aromatic rings. The summed E-state index contributed by atoms with van der Waals surface area (Å²) in [5.74, 6) is 0. The highest BCUT2D eigenvalue weighted by Gasteiger charge is 2.16. The zero-order valence-electron chi connectivity index (χ0n) is 7.59. The normalized spacial score (nSPS) is 10.3. The van der Waals surface area contributed by atoms with Crippen molar-refractivity contribution < 1.29 is 8.78 Å². The average molecular weight is 197 g/mol. The fraction of sp³-hybridized carbons (Fsp3) is 0.333. The Labute approximate surface area is 80.2 Å². The largest absolute Gasteiger partial charge is 0.325 e. The molecule has 0 aliphatic heterocycles. The van der Waals surface area contributed by atoms with Crippen LogP contribution in [0.2, 0.25) is 0 Å². The number of hydrogen-bond donors (Lipinski definition) is 1. The lowest BCUT2D eigenvalue weighted by Crippen LogP contribution is -2.06. The van der Waals surface area contributed by atoms with E-state index in [0.29, 0.717) is 5.69 Å². The number of nitrogens with zero attached hydrogens (tertiary/aromatic N) is 2. The Balaban J connectivity index is 3.37. The molecule has 74 valence electrons. The number of rotatable bonds is 2. The monoisotopic (exact) mass is 197 g/mol. The van der Waals surface area contributed by atoms with Crippen LogP contribution in [-0.2, 0) is 6.54 Å². The predicted molar refractivity (Wildman–Crippen MR) is 46.5 cm³/mol. The molecular formula is C9H9F2N3. The van der Waals surface area contributed by atoms with Crippen LogP contribution in [0.4, 0.5) is 8.78 Å². The number of aromatic nitrogens is 1. The van der Waals surface area contributed by atoms with Crippen molar-refractivity contribution in [3.8, 4) is 6.07 Å². The van der Waals surface area contributed by atoms with Crippen LogP contribution in [0.3, 0.4) is 0 Å². The van der Waals surface area contributed by atoms with Crippen LogP contribution >= 0.6 is 0 Å². The van der Waals surface area contributed by atoms with Crippen LogP contribution in [0.5, 0.6) is 0 Å². The minimum atomic E-state index is -2.61. The minimum Gasteiger partial charge on any atom is -0.325 e. The number of nitrogens with two attached hydrogens (primary N) is 1. The molecule has 0 spiro atoms. The molecule has 0 fully saturated rings. The van der Waals surface area contributed by atoms with Crippen molar-refractivity contribution in [1.29, 1.82) is 5.26 Å². The quantitative estimate of drug-likeness (QED) is 0.784. The van der Waals surface area contributed by atoms with Gasteiger partial charge in [-0.3, -0.25) is 4.98 Å². The van der Waals surface area contributed by atoms with Gasteiger partial charge in [-0.05, 0) is 12.5 Å². The Kier molecular flexibility index (Phi) is 3.10. The van der Waals surface area contributed by atoms with Gasteiger partial charge in [0.2, 0.25) is 0 Å². The van der Waals surface area contributed by atoms with E-state index in [2.05, 4.69) is 4.98 Å². The van der Waals surface area contributed by atoms with Crippen molar-refractivity contribution >= 4 is 0 Å². The first kappa shape index (κ1) is 10.5. The summed E-state index contributed by atoms with van der Waals surface area (Å²) >= 11 is 0. The lowest BCUT2D eigenvalue weighted by Gasteiger charge is -2.08. The van der Waals surface area contributed by atoms with E-state index in [9.17, 15) is 8.78 Å². The Morgan fingerprint density at radius 1 is 1.64 bits per heavy atom. The fourth-order valence-electron chi connectivity index (χ4n) is 1.19. The molecule has 5 heteroatoms.